The van der Waals surface area contributed by atoms with Crippen LogP contribution >= 0.6 is 0 Å². The van der Waals surface area contributed by atoms with Crippen molar-refractivity contribution < 1.29 is 14.3 Å². The number of hydrogen-bond donors (Lipinski definition) is 1. The van der Waals surface area contributed by atoms with Crippen molar-refractivity contribution in [1.82, 2.24) is 15.1 Å². The van der Waals surface area contributed by atoms with Crippen molar-refractivity contribution in [3.05, 3.63) is 48.2 Å². The molecule has 0 aliphatic carbocycles. The van der Waals surface area contributed by atoms with Gasteiger partial charge in [0.1, 0.15) is 11.5 Å². The zero-order valence-corrected chi connectivity index (χ0v) is 15.4. The SMILES string of the molecule is COc1ccc(N2CCN(C(=O)c3n[nH]c4ccccc34)CC2)c(OC)c1. The summed E-state index contributed by atoms with van der Waals surface area (Å²) in [7, 11) is 3.29. The molecule has 1 aliphatic heterocycles. The summed E-state index contributed by atoms with van der Waals surface area (Å²) < 4.78 is 10.8. The number of aromatic amines is 1. The Morgan fingerprint density at radius 1 is 1.04 bits per heavy atom. The van der Waals surface area contributed by atoms with E-state index in [-0.39, 0.29) is 5.91 Å². The lowest BCUT2D eigenvalue weighted by atomic mass is 10.1. The molecule has 3 aromatic rings. The molecule has 1 amide bonds. The van der Waals surface area contributed by atoms with Crippen molar-refractivity contribution in [2.75, 3.05) is 45.3 Å². The van der Waals surface area contributed by atoms with Crippen LogP contribution in [0.15, 0.2) is 42.5 Å². The van der Waals surface area contributed by atoms with E-state index in [4.69, 9.17) is 9.47 Å². The van der Waals surface area contributed by atoms with Gasteiger partial charge in [-0.05, 0) is 18.2 Å². The largest absolute Gasteiger partial charge is 0.497 e. The van der Waals surface area contributed by atoms with E-state index in [2.05, 4.69) is 15.1 Å². The first kappa shape index (κ1) is 17.2. The molecule has 1 aromatic heterocycles. The van der Waals surface area contributed by atoms with Crippen molar-refractivity contribution in [3.8, 4) is 11.5 Å². The Morgan fingerprint density at radius 2 is 1.81 bits per heavy atom. The van der Waals surface area contributed by atoms with Crippen LogP contribution in [-0.2, 0) is 0 Å². The number of aromatic nitrogens is 2. The molecular weight excluding hydrogens is 344 g/mol. The molecule has 0 spiro atoms. The standard InChI is InChI=1S/C20H22N4O3/c1-26-14-7-8-17(18(13-14)27-2)23-9-11-24(12-10-23)20(25)19-15-5-3-4-6-16(15)21-22-19/h3-8,13H,9-12H2,1-2H3,(H,21,22). The van der Waals surface area contributed by atoms with Crippen molar-refractivity contribution >= 4 is 22.5 Å². The van der Waals surface area contributed by atoms with Gasteiger partial charge in [-0.25, -0.2) is 0 Å². The minimum atomic E-state index is -0.0335. The van der Waals surface area contributed by atoms with Gasteiger partial charge in [0.15, 0.2) is 5.69 Å². The lowest BCUT2D eigenvalue weighted by molar-refractivity contribution is 0.0742. The van der Waals surface area contributed by atoms with Crippen molar-refractivity contribution in [3.63, 3.8) is 0 Å². The molecule has 1 saturated heterocycles. The molecule has 1 N–H and O–H groups in total. The van der Waals surface area contributed by atoms with E-state index in [0.29, 0.717) is 18.8 Å². The Labute approximate surface area is 157 Å². The van der Waals surface area contributed by atoms with Gasteiger partial charge < -0.3 is 19.3 Å². The van der Waals surface area contributed by atoms with E-state index in [1.807, 2.05) is 47.4 Å². The smallest absolute Gasteiger partial charge is 0.275 e. The fraction of sp³-hybridized carbons (Fsp3) is 0.300. The first-order valence-corrected chi connectivity index (χ1v) is 8.90. The third-order valence-corrected chi connectivity index (χ3v) is 4.97. The number of H-pyrrole nitrogens is 1. The third kappa shape index (κ3) is 3.16. The molecule has 4 rings (SSSR count). The number of hydrogen-bond acceptors (Lipinski definition) is 5. The summed E-state index contributed by atoms with van der Waals surface area (Å²) in [5, 5.41) is 8.03. The molecule has 0 atom stereocenters. The molecule has 1 fully saturated rings. The van der Waals surface area contributed by atoms with E-state index in [1.54, 1.807) is 14.2 Å². The number of rotatable bonds is 4. The molecule has 0 saturated carbocycles. The summed E-state index contributed by atoms with van der Waals surface area (Å²) in [6.07, 6.45) is 0. The molecule has 2 aromatic carbocycles. The van der Waals surface area contributed by atoms with Gasteiger partial charge in [-0.2, -0.15) is 5.10 Å². The Bertz CT molecular complexity index is 961. The highest BCUT2D eigenvalue weighted by atomic mass is 16.5. The number of ether oxygens (including phenoxy) is 2. The Hall–Kier alpha value is -3.22. The average Bonchev–Trinajstić information content (AvgIpc) is 3.17. The first-order chi connectivity index (χ1) is 13.2. The normalized spacial score (nSPS) is 14.4. The number of amides is 1. The monoisotopic (exact) mass is 366 g/mol. The number of nitrogens with zero attached hydrogens (tertiary/aromatic N) is 3. The fourth-order valence-electron chi connectivity index (χ4n) is 3.47. The van der Waals surface area contributed by atoms with E-state index in [9.17, 15) is 4.79 Å². The minimum absolute atomic E-state index is 0.0335. The van der Waals surface area contributed by atoms with Crippen molar-refractivity contribution in [1.29, 1.82) is 0 Å². The van der Waals surface area contributed by atoms with Crippen molar-refractivity contribution in [2.45, 2.75) is 0 Å². The molecular formula is C20H22N4O3. The summed E-state index contributed by atoms with van der Waals surface area (Å²) >= 11 is 0. The van der Waals surface area contributed by atoms with Crippen LogP contribution in [0.2, 0.25) is 0 Å². The number of anilines is 1. The molecule has 0 unspecified atom stereocenters. The summed E-state index contributed by atoms with van der Waals surface area (Å²) in [4.78, 5) is 17.0. The van der Waals surface area contributed by atoms with Gasteiger partial charge in [-0.1, -0.05) is 18.2 Å². The zero-order chi connectivity index (χ0) is 18.8. The number of methoxy groups -OCH3 is 2. The predicted octanol–water partition coefficient (Wildman–Crippen LogP) is 2.54. The predicted molar refractivity (Wildman–Crippen MR) is 104 cm³/mol. The summed E-state index contributed by atoms with van der Waals surface area (Å²) in [6, 6.07) is 13.5. The average molecular weight is 366 g/mol. The van der Waals surface area contributed by atoms with Crippen molar-refractivity contribution in [2.24, 2.45) is 0 Å². The topological polar surface area (TPSA) is 70.7 Å². The van der Waals surface area contributed by atoms with Gasteiger partial charge in [-0.15, -0.1) is 0 Å². The van der Waals surface area contributed by atoms with Crippen LogP contribution < -0.4 is 14.4 Å². The van der Waals surface area contributed by atoms with E-state index in [0.717, 1.165) is 41.2 Å². The maximum absolute atomic E-state index is 12.9. The molecule has 2 heterocycles. The second kappa shape index (κ2) is 7.19. The Morgan fingerprint density at radius 3 is 2.56 bits per heavy atom. The van der Waals surface area contributed by atoms with Gasteiger partial charge in [0, 0.05) is 37.6 Å². The van der Waals surface area contributed by atoms with Crippen LogP contribution in [0.3, 0.4) is 0 Å². The number of carbonyl (C=O) groups excluding carboxylic acids is 1. The maximum Gasteiger partial charge on any atom is 0.275 e. The van der Waals surface area contributed by atoms with Crippen LogP contribution in [0.1, 0.15) is 10.5 Å². The molecule has 1 aliphatic rings. The highest BCUT2D eigenvalue weighted by Crippen LogP contribution is 2.33. The van der Waals surface area contributed by atoms with Crippen LogP contribution in [0.5, 0.6) is 11.5 Å². The molecule has 0 radical (unpaired) electrons. The molecule has 140 valence electrons. The number of piperazine rings is 1. The van der Waals surface area contributed by atoms with Gasteiger partial charge in [-0.3, -0.25) is 9.89 Å². The third-order valence-electron chi connectivity index (χ3n) is 4.97. The number of benzene rings is 2. The number of nitrogens with one attached hydrogen (secondary N) is 1. The van der Waals surface area contributed by atoms with Gasteiger partial charge in [0.05, 0.1) is 25.4 Å². The summed E-state index contributed by atoms with van der Waals surface area (Å²) in [5.41, 5.74) is 2.37. The Balaban J connectivity index is 1.48. The van der Waals surface area contributed by atoms with E-state index in [1.165, 1.54) is 0 Å². The summed E-state index contributed by atoms with van der Waals surface area (Å²) in [6.45, 7) is 2.73. The maximum atomic E-state index is 12.9. The van der Waals surface area contributed by atoms with Crippen LogP contribution in [0.4, 0.5) is 5.69 Å². The molecule has 7 nitrogen and oxygen atoms in total. The molecule has 7 heteroatoms. The summed E-state index contributed by atoms with van der Waals surface area (Å²) in [5.74, 6) is 1.50. The van der Waals surface area contributed by atoms with Crippen LogP contribution in [0.25, 0.3) is 10.9 Å². The number of fused-ring (bicyclic) bond motifs is 1. The fourth-order valence-corrected chi connectivity index (χ4v) is 3.47. The van der Waals surface area contributed by atoms with Gasteiger partial charge in [0.2, 0.25) is 0 Å². The number of carbonyl (C=O) groups is 1. The van der Waals surface area contributed by atoms with Gasteiger partial charge in [0.25, 0.3) is 5.91 Å². The first-order valence-electron chi connectivity index (χ1n) is 8.90. The van der Waals surface area contributed by atoms with Gasteiger partial charge >= 0.3 is 0 Å². The Kier molecular flexibility index (Phi) is 4.58. The van der Waals surface area contributed by atoms with E-state index >= 15 is 0 Å². The second-order valence-electron chi connectivity index (χ2n) is 6.43. The second-order valence-corrected chi connectivity index (χ2v) is 6.43. The lowest BCUT2D eigenvalue weighted by Gasteiger charge is -2.36. The minimum Gasteiger partial charge on any atom is -0.497 e. The number of para-hydroxylation sites is 1. The lowest BCUT2D eigenvalue weighted by Crippen LogP contribution is -2.49. The van der Waals surface area contributed by atoms with E-state index < -0.39 is 0 Å². The highest BCUT2D eigenvalue weighted by molar-refractivity contribution is 6.04. The molecule has 0 bridgehead atoms. The van der Waals surface area contributed by atoms with Crippen LogP contribution in [-0.4, -0.2) is 61.4 Å². The highest BCUT2D eigenvalue weighted by Gasteiger charge is 2.26. The quantitative estimate of drug-likeness (QED) is 0.768. The zero-order valence-electron chi connectivity index (χ0n) is 15.4. The van der Waals surface area contributed by atoms with Crippen LogP contribution in [0, 0.1) is 0 Å². The molecule has 27 heavy (non-hydrogen) atoms.